The number of rotatable bonds is 5. The van der Waals surface area contributed by atoms with Crippen molar-refractivity contribution in [3.63, 3.8) is 0 Å². The average Bonchev–Trinajstić information content (AvgIpc) is 2.24. The Morgan fingerprint density at radius 2 is 2.13 bits per heavy atom. The first-order valence-corrected chi connectivity index (χ1v) is 5.28. The number of nitrogens with one attached hydrogen (secondary N) is 1. The van der Waals surface area contributed by atoms with Crippen molar-refractivity contribution in [3.05, 3.63) is 11.9 Å². The minimum absolute atomic E-state index is 0.659. The maximum Gasteiger partial charge on any atom is 0.145 e. The molecule has 84 valence electrons. The topological polar surface area (TPSA) is 67.1 Å². The summed E-state index contributed by atoms with van der Waals surface area (Å²) in [6.07, 6.45) is 1.10. The summed E-state index contributed by atoms with van der Waals surface area (Å²) in [5.41, 5.74) is 2.55. The summed E-state index contributed by atoms with van der Waals surface area (Å²) >= 11 is 0. The Morgan fingerprint density at radius 1 is 1.40 bits per heavy atom. The molecule has 0 aliphatic carbocycles. The highest BCUT2D eigenvalue weighted by Crippen LogP contribution is 2.15. The summed E-state index contributed by atoms with van der Waals surface area (Å²) in [6.45, 7) is 8.07. The van der Waals surface area contributed by atoms with E-state index >= 15 is 0 Å². The van der Waals surface area contributed by atoms with E-state index < -0.39 is 0 Å². The highest BCUT2D eigenvalue weighted by Gasteiger charge is 2.07. The van der Waals surface area contributed by atoms with Crippen LogP contribution in [0.5, 0.6) is 0 Å². The van der Waals surface area contributed by atoms with Gasteiger partial charge in [0.05, 0.1) is 0 Å². The highest BCUT2D eigenvalue weighted by atomic mass is 15.3. The van der Waals surface area contributed by atoms with Gasteiger partial charge in [-0.1, -0.05) is 6.92 Å². The normalized spacial score (nSPS) is 10.1. The van der Waals surface area contributed by atoms with Crippen molar-refractivity contribution in [3.8, 4) is 0 Å². The van der Waals surface area contributed by atoms with Crippen LogP contribution >= 0.6 is 0 Å². The van der Waals surface area contributed by atoms with E-state index in [1.54, 1.807) is 0 Å². The van der Waals surface area contributed by atoms with Crippen LogP contribution in [0.1, 0.15) is 26.1 Å². The number of hydrazine groups is 1. The van der Waals surface area contributed by atoms with Gasteiger partial charge in [-0.15, -0.1) is 0 Å². The summed E-state index contributed by atoms with van der Waals surface area (Å²) in [4.78, 5) is 10.7. The van der Waals surface area contributed by atoms with Crippen LogP contribution in [-0.4, -0.2) is 23.1 Å². The molecule has 0 spiro atoms. The second-order valence-electron chi connectivity index (χ2n) is 3.38. The van der Waals surface area contributed by atoms with E-state index in [1.165, 1.54) is 0 Å². The zero-order chi connectivity index (χ0) is 11.3. The third-order valence-electron chi connectivity index (χ3n) is 2.17. The highest BCUT2D eigenvalue weighted by molar-refractivity contribution is 5.48. The number of nitrogen functional groups attached to an aromatic ring is 1. The van der Waals surface area contributed by atoms with E-state index in [2.05, 4.69) is 34.1 Å². The average molecular weight is 209 g/mol. The van der Waals surface area contributed by atoms with Crippen molar-refractivity contribution >= 4 is 11.6 Å². The van der Waals surface area contributed by atoms with Crippen LogP contribution in [0.2, 0.25) is 0 Å². The van der Waals surface area contributed by atoms with Gasteiger partial charge in [0.25, 0.3) is 0 Å². The van der Waals surface area contributed by atoms with Crippen LogP contribution in [0.25, 0.3) is 0 Å². The van der Waals surface area contributed by atoms with Gasteiger partial charge in [0.15, 0.2) is 0 Å². The Labute approximate surface area is 90.7 Å². The molecule has 0 saturated heterocycles. The minimum atomic E-state index is 0.659. The Bertz CT molecular complexity index is 313. The number of aromatic nitrogens is 2. The van der Waals surface area contributed by atoms with E-state index in [4.69, 9.17) is 5.84 Å². The molecule has 1 rings (SSSR count). The molecule has 0 saturated carbocycles. The molecule has 0 aliphatic rings. The van der Waals surface area contributed by atoms with Gasteiger partial charge in [0.1, 0.15) is 17.5 Å². The molecule has 0 radical (unpaired) electrons. The van der Waals surface area contributed by atoms with Gasteiger partial charge in [-0.05, 0) is 20.3 Å². The second-order valence-corrected chi connectivity index (χ2v) is 3.38. The molecule has 5 nitrogen and oxygen atoms in total. The van der Waals surface area contributed by atoms with Gasteiger partial charge in [-0.2, -0.15) is 0 Å². The van der Waals surface area contributed by atoms with Crippen molar-refractivity contribution in [2.45, 2.75) is 27.2 Å². The predicted octanol–water partition coefficient (Wildman–Crippen LogP) is 1.31. The molecule has 1 heterocycles. The largest absolute Gasteiger partial charge is 0.357 e. The molecule has 0 aliphatic heterocycles. The molecular weight excluding hydrogens is 190 g/mol. The third-order valence-corrected chi connectivity index (χ3v) is 2.17. The van der Waals surface area contributed by atoms with Crippen LogP contribution in [0.3, 0.4) is 0 Å². The Morgan fingerprint density at radius 3 is 2.67 bits per heavy atom. The zero-order valence-electron chi connectivity index (χ0n) is 9.62. The fourth-order valence-electron chi connectivity index (χ4n) is 1.49. The fraction of sp³-hybridized carbons (Fsp3) is 0.600. The Kier molecular flexibility index (Phi) is 4.30. The molecule has 1 aromatic rings. The summed E-state index contributed by atoms with van der Waals surface area (Å²) in [6, 6.07) is 1.87. The van der Waals surface area contributed by atoms with Crippen LogP contribution in [0, 0.1) is 6.92 Å². The van der Waals surface area contributed by atoms with Crippen LogP contribution < -0.4 is 16.2 Å². The van der Waals surface area contributed by atoms with E-state index in [0.717, 1.165) is 31.2 Å². The van der Waals surface area contributed by atoms with Crippen molar-refractivity contribution in [2.75, 3.05) is 23.4 Å². The molecule has 0 unspecified atom stereocenters. The van der Waals surface area contributed by atoms with Gasteiger partial charge in [-0.25, -0.2) is 15.8 Å². The van der Waals surface area contributed by atoms with Crippen LogP contribution in [0.15, 0.2) is 6.07 Å². The molecule has 15 heavy (non-hydrogen) atoms. The smallest absolute Gasteiger partial charge is 0.145 e. The minimum Gasteiger partial charge on any atom is -0.357 e. The molecule has 0 amide bonds. The van der Waals surface area contributed by atoms with E-state index in [9.17, 15) is 0 Å². The number of hydrogen-bond donors (Lipinski definition) is 2. The SMILES string of the molecule is CCCN(CC)c1cc(NN)nc(C)n1. The number of nitrogens with zero attached hydrogens (tertiary/aromatic N) is 3. The molecular formula is C10H19N5. The monoisotopic (exact) mass is 209 g/mol. The van der Waals surface area contributed by atoms with Crippen molar-refractivity contribution in [2.24, 2.45) is 5.84 Å². The maximum atomic E-state index is 5.34. The molecule has 0 aromatic carbocycles. The van der Waals surface area contributed by atoms with E-state index in [1.807, 2.05) is 13.0 Å². The molecule has 1 aromatic heterocycles. The lowest BCUT2D eigenvalue weighted by atomic mass is 10.4. The molecule has 5 heteroatoms. The lowest BCUT2D eigenvalue weighted by Gasteiger charge is -2.21. The lowest BCUT2D eigenvalue weighted by molar-refractivity contribution is 0.773. The van der Waals surface area contributed by atoms with Crippen molar-refractivity contribution < 1.29 is 0 Å². The second kappa shape index (κ2) is 5.50. The Balaban J connectivity index is 2.95. The maximum absolute atomic E-state index is 5.34. The fourth-order valence-corrected chi connectivity index (χ4v) is 1.49. The first-order valence-electron chi connectivity index (χ1n) is 5.28. The molecule has 3 N–H and O–H groups in total. The standard InChI is InChI=1S/C10H19N5/c1-4-6-15(5-2)10-7-9(14-11)12-8(3)13-10/h7H,4-6,11H2,1-3H3,(H,12,13,14). The summed E-state index contributed by atoms with van der Waals surface area (Å²) < 4.78 is 0. The van der Waals surface area contributed by atoms with Gasteiger partial charge >= 0.3 is 0 Å². The first-order chi connectivity index (χ1) is 7.21. The van der Waals surface area contributed by atoms with Crippen LogP contribution in [-0.2, 0) is 0 Å². The summed E-state index contributed by atoms with van der Waals surface area (Å²) in [5.74, 6) is 7.67. The van der Waals surface area contributed by atoms with Gasteiger partial charge in [-0.3, -0.25) is 0 Å². The summed E-state index contributed by atoms with van der Waals surface area (Å²) in [7, 11) is 0. The van der Waals surface area contributed by atoms with Gasteiger partial charge < -0.3 is 10.3 Å². The number of aryl methyl sites for hydroxylation is 1. The van der Waals surface area contributed by atoms with Gasteiger partial charge in [0.2, 0.25) is 0 Å². The zero-order valence-corrected chi connectivity index (χ0v) is 9.62. The van der Waals surface area contributed by atoms with E-state index in [0.29, 0.717) is 5.82 Å². The predicted molar refractivity (Wildman–Crippen MR) is 62.8 cm³/mol. The molecule has 0 atom stereocenters. The third kappa shape index (κ3) is 3.06. The molecule has 0 bridgehead atoms. The Hall–Kier alpha value is -1.36. The first kappa shape index (κ1) is 11.7. The number of anilines is 2. The quantitative estimate of drug-likeness (QED) is 0.565. The number of nitrogens with two attached hydrogens (primary N) is 1. The van der Waals surface area contributed by atoms with Crippen molar-refractivity contribution in [1.82, 2.24) is 9.97 Å². The van der Waals surface area contributed by atoms with Crippen LogP contribution in [0.4, 0.5) is 11.6 Å². The van der Waals surface area contributed by atoms with Gasteiger partial charge in [0, 0.05) is 19.2 Å². The van der Waals surface area contributed by atoms with Crippen molar-refractivity contribution in [1.29, 1.82) is 0 Å². The summed E-state index contributed by atoms with van der Waals surface area (Å²) in [5, 5.41) is 0. The number of hydrogen-bond acceptors (Lipinski definition) is 5. The lowest BCUT2D eigenvalue weighted by Crippen LogP contribution is -2.25. The molecule has 0 fully saturated rings. The van der Waals surface area contributed by atoms with E-state index in [-0.39, 0.29) is 0 Å².